The average molecular weight is 182 g/mol. The Kier molecular flexibility index (Phi) is 2.93. The monoisotopic (exact) mass is 182 g/mol. The summed E-state index contributed by atoms with van der Waals surface area (Å²) in [6.07, 6.45) is 0. The molecule has 0 aromatic heterocycles. The predicted molar refractivity (Wildman–Crippen MR) is 43.8 cm³/mol. The normalized spacial score (nSPS) is 9.69. The Labute approximate surface area is 74.8 Å². The van der Waals surface area contributed by atoms with E-state index in [1.54, 1.807) is 7.05 Å². The highest BCUT2D eigenvalue weighted by Crippen LogP contribution is 2.14. The van der Waals surface area contributed by atoms with Crippen molar-refractivity contribution in [3.63, 3.8) is 0 Å². The molecular weight excluding hydrogens is 174 g/mol. The summed E-state index contributed by atoms with van der Waals surface area (Å²) in [5, 5.41) is 11.1. The summed E-state index contributed by atoms with van der Waals surface area (Å²) in [5.41, 5.74) is -0.0450. The van der Waals surface area contributed by atoms with Gasteiger partial charge in [0.25, 0.3) is 0 Å². The summed E-state index contributed by atoms with van der Waals surface area (Å²) in [4.78, 5) is 0. The number of nitriles is 1. The van der Waals surface area contributed by atoms with Crippen LogP contribution in [0.5, 0.6) is 0 Å². The van der Waals surface area contributed by atoms with Crippen molar-refractivity contribution in [2.45, 2.75) is 6.54 Å². The second kappa shape index (κ2) is 3.97. The van der Waals surface area contributed by atoms with Crippen molar-refractivity contribution in [3.8, 4) is 6.07 Å². The number of benzene rings is 1. The third-order valence-corrected chi connectivity index (χ3v) is 1.59. The number of hydrogen-bond acceptors (Lipinski definition) is 2. The van der Waals surface area contributed by atoms with E-state index in [1.807, 2.05) is 0 Å². The van der Waals surface area contributed by atoms with Gasteiger partial charge < -0.3 is 5.32 Å². The van der Waals surface area contributed by atoms with Crippen LogP contribution in [0.4, 0.5) is 8.78 Å². The molecule has 68 valence electrons. The van der Waals surface area contributed by atoms with Gasteiger partial charge in [0.2, 0.25) is 0 Å². The van der Waals surface area contributed by atoms with E-state index < -0.39 is 17.2 Å². The maximum Gasteiger partial charge on any atom is 0.144 e. The Morgan fingerprint density at radius 1 is 1.38 bits per heavy atom. The van der Waals surface area contributed by atoms with Gasteiger partial charge in [0, 0.05) is 6.54 Å². The predicted octanol–water partition coefficient (Wildman–Crippen LogP) is 1.56. The van der Waals surface area contributed by atoms with Crippen molar-refractivity contribution in [1.82, 2.24) is 5.32 Å². The number of halogens is 2. The van der Waals surface area contributed by atoms with Crippen molar-refractivity contribution in [2.24, 2.45) is 0 Å². The van der Waals surface area contributed by atoms with Crippen molar-refractivity contribution < 1.29 is 8.78 Å². The van der Waals surface area contributed by atoms with Crippen molar-refractivity contribution in [2.75, 3.05) is 7.05 Å². The third-order valence-electron chi connectivity index (χ3n) is 1.59. The Bertz CT molecular complexity index is 332. The van der Waals surface area contributed by atoms with E-state index >= 15 is 0 Å². The van der Waals surface area contributed by atoms with Crippen molar-refractivity contribution >= 4 is 0 Å². The highest BCUT2D eigenvalue weighted by Gasteiger charge is 2.09. The molecular formula is C9H8F2N2. The molecule has 0 fully saturated rings. The van der Waals surface area contributed by atoms with Crippen molar-refractivity contribution in [3.05, 3.63) is 34.9 Å². The van der Waals surface area contributed by atoms with E-state index in [0.717, 1.165) is 12.1 Å². The molecule has 0 spiro atoms. The summed E-state index contributed by atoms with van der Waals surface area (Å²) in [6, 6.07) is 3.76. The Hall–Kier alpha value is -1.47. The lowest BCUT2D eigenvalue weighted by Gasteiger charge is -2.02. The summed E-state index contributed by atoms with van der Waals surface area (Å²) in [7, 11) is 1.67. The molecule has 0 unspecified atom stereocenters. The molecule has 1 aromatic carbocycles. The molecule has 0 atom stereocenters. The third kappa shape index (κ3) is 2.01. The lowest BCUT2D eigenvalue weighted by Crippen LogP contribution is -2.06. The van der Waals surface area contributed by atoms with E-state index in [0.29, 0.717) is 12.1 Å². The number of nitrogens with one attached hydrogen (secondary N) is 1. The standard InChI is InChI=1S/C9H8F2N2/c1-13-5-6-2-8(10)7(4-12)9(11)3-6/h2-3,13H,5H2,1H3. The molecule has 0 radical (unpaired) electrons. The Morgan fingerprint density at radius 2 is 1.92 bits per heavy atom. The molecule has 0 aliphatic carbocycles. The summed E-state index contributed by atoms with van der Waals surface area (Å²) in [5.74, 6) is -1.62. The SMILES string of the molecule is CNCc1cc(F)c(C#N)c(F)c1. The zero-order valence-corrected chi connectivity index (χ0v) is 7.06. The van der Waals surface area contributed by atoms with Crippen LogP contribution in [0.15, 0.2) is 12.1 Å². The molecule has 0 aliphatic heterocycles. The quantitative estimate of drug-likeness (QED) is 0.753. The lowest BCUT2D eigenvalue weighted by molar-refractivity contribution is 0.571. The van der Waals surface area contributed by atoms with E-state index in [2.05, 4.69) is 5.32 Å². The van der Waals surface area contributed by atoms with E-state index in [9.17, 15) is 8.78 Å². The minimum absolute atomic E-state index is 0.375. The summed E-state index contributed by atoms with van der Waals surface area (Å²) in [6.45, 7) is 0.375. The molecule has 0 bridgehead atoms. The topological polar surface area (TPSA) is 35.8 Å². The van der Waals surface area contributed by atoms with Crippen molar-refractivity contribution in [1.29, 1.82) is 5.26 Å². The fraction of sp³-hybridized carbons (Fsp3) is 0.222. The van der Waals surface area contributed by atoms with Crippen LogP contribution in [0.1, 0.15) is 11.1 Å². The van der Waals surface area contributed by atoms with Gasteiger partial charge >= 0.3 is 0 Å². The average Bonchev–Trinajstić information content (AvgIpc) is 2.04. The largest absolute Gasteiger partial charge is 0.316 e. The smallest absolute Gasteiger partial charge is 0.144 e. The van der Waals surface area contributed by atoms with Crippen LogP contribution < -0.4 is 5.32 Å². The molecule has 1 aromatic rings. The molecule has 0 heterocycles. The van der Waals surface area contributed by atoms with Crippen LogP contribution >= 0.6 is 0 Å². The molecule has 2 nitrogen and oxygen atoms in total. The van der Waals surface area contributed by atoms with E-state index in [1.165, 1.54) is 6.07 Å². The summed E-state index contributed by atoms with van der Waals surface area (Å²) < 4.78 is 25.9. The van der Waals surface area contributed by atoms with Crippen LogP contribution in [0.25, 0.3) is 0 Å². The molecule has 13 heavy (non-hydrogen) atoms. The summed E-state index contributed by atoms with van der Waals surface area (Å²) >= 11 is 0. The van der Waals surface area contributed by atoms with Crippen LogP contribution in [0.3, 0.4) is 0 Å². The number of rotatable bonds is 2. The molecule has 0 saturated heterocycles. The first kappa shape index (κ1) is 9.62. The number of hydrogen-bond donors (Lipinski definition) is 1. The van der Waals surface area contributed by atoms with Gasteiger partial charge in [0.05, 0.1) is 0 Å². The zero-order chi connectivity index (χ0) is 9.84. The zero-order valence-electron chi connectivity index (χ0n) is 7.06. The van der Waals surface area contributed by atoms with Gasteiger partial charge in [-0.1, -0.05) is 0 Å². The first-order valence-corrected chi connectivity index (χ1v) is 3.71. The van der Waals surface area contributed by atoms with Gasteiger partial charge in [-0.25, -0.2) is 8.78 Å². The highest BCUT2D eigenvalue weighted by atomic mass is 19.1. The van der Waals surface area contributed by atoms with E-state index in [-0.39, 0.29) is 0 Å². The van der Waals surface area contributed by atoms with Crippen LogP contribution in [0, 0.1) is 23.0 Å². The van der Waals surface area contributed by atoms with Gasteiger partial charge in [-0.15, -0.1) is 0 Å². The fourth-order valence-electron chi connectivity index (χ4n) is 1.04. The van der Waals surface area contributed by atoms with Gasteiger partial charge in [0.15, 0.2) is 0 Å². The minimum Gasteiger partial charge on any atom is -0.316 e. The molecule has 0 aliphatic rings. The lowest BCUT2D eigenvalue weighted by atomic mass is 10.1. The number of nitrogens with zero attached hydrogens (tertiary/aromatic N) is 1. The first-order chi connectivity index (χ1) is 6.19. The second-order valence-corrected chi connectivity index (χ2v) is 2.58. The van der Waals surface area contributed by atoms with Crippen LogP contribution in [0.2, 0.25) is 0 Å². The fourth-order valence-corrected chi connectivity index (χ4v) is 1.04. The maximum absolute atomic E-state index is 12.9. The van der Waals surface area contributed by atoms with Gasteiger partial charge in [-0.05, 0) is 24.7 Å². The highest BCUT2D eigenvalue weighted by molar-refractivity contribution is 5.35. The molecule has 4 heteroatoms. The first-order valence-electron chi connectivity index (χ1n) is 3.71. The van der Waals surface area contributed by atoms with Gasteiger partial charge in [-0.2, -0.15) is 5.26 Å². The van der Waals surface area contributed by atoms with E-state index in [4.69, 9.17) is 5.26 Å². The molecule has 1 N–H and O–H groups in total. The second-order valence-electron chi connectivity index (χ2n) is 2.58. The molecule has 1 rings (SSSR count). The van der Waals surface area contributed by atoms with Gasteiger partial charge in [0.1, 0.15) is 23.3 Å². The molecule has 0 saturated carbocycles. The molecule has 0 amide bonds. The maximum atomic E-state index is 12.9. The van der Waals surface area contributed by atoms with Crippen LogP contribution in [-0.4, -0.2) is 7.05 Å². The Balaban J connectivity index is 3.14. The van der Waals surface area contributed by atoms with Gasteiger partial charge in [-0.3, -0.25) is 0 Å². The minimum atomic E-state index is -0.812. The van der Waals surface area contributed by atoms with Crippen LogP contribution in [-0.2, 0) is 6.54 Å². The Morgan fingerprint density at radius 3 is 2.31 bits per heavy atom.